The van der Waals surface area contributed by atoms with Crippen LogP contribution in [0, 0.1) is 11.3 Å². The molecular formula is C21H23N3OS. The molecule has 0 N–H and O–H groups in total. The van der Waals surface area contributed by atoms with Gasteiger partial charge < -0.3 is 0 Å². The van der Waals surface area contributed by atoms with Gasteiger partial charge in [-0.25, -0.2) is 4.98 Å². The standard InChI is InChI=1S/C21H23N3OS/c1-3-7-18-23-20-19(21(25)24(18)13-6-5-12-22)17(14-26-20)16-10-8-15(4-2)9-11-16/h8-11,14H,3-7,13H2,1-2H3. The second-order valence-electron chi connectivity index (χ2n) is 6.38. The summed E-state index contributed by atoms with van der Waals surface area (Å²) in [6.07, 6.45) is 3.83. The van der Waals surface area contributed by atoms with Gasteiger partial charge in [0, 0.05) is 30.3 Å². The second kappa shape index (κ2) is 8.29. The lowest BCUT2D eigenvalue weighted by atomic mass is 10.0. The van der Waals surface area contributed by atoms with E-state index in [9.17, 15) is 4.79 Å². The van der Waals surface area contributed by atoms with Crippen molar-refractivity contribution in [3.05, 3.63) is 51.4 Å². The Morgan fingerprint density at radius 2 is 2.00 bits per heavy atom. The van der Waals surface area contributed by atoms with Crippen LogP contribution in [0.25, 0.3) is 21.3 Å². The third-order valence-electron chi connectivity index (χ3n) is 4.59. The van der Waals surface area contributed by atoms with Crippen LogP contribution in [0.4, 0.5) is 0 Å². The molecule has 0 saturated heterocycles. The van der Waals surface area contributed by atoms with Crippen LogP contribution in [-0.2, 0) is 19.4 Å². The predicted octanol–water partition coefficient (Wildman–Crippen LogP) is 4.94. The summed E-state index contributed by atoms with van der Waals surface area (Å²) in [6, 6.07) is 10.5. The highest BCUT2D eigenvalue weighted by Crippen LogP contribution is 2.31. The van der Waals surface area contributed by atoms with Crippen molar-refractivity contribution in [3.8, 4) is 17.2 Å². The summed E-state index contributed by atoms with van der Waals surface area (Å²) in [7, 11) is 0. The van der Waals surface area contributed by atoms with Crippen molar-refractivity contribution in [1.29, 1.82) is 5.26 Å². The van der Waals surface area contributed by atoms with Gasteiger partial charge in [-0.1, -0.05) is 38.1 Å². The number of nitriles is 1. The van der Waals surface area contributed by atoms with Gasteiger partial charge in [0.1, 0.15) is 10.7 Å². The molecule has 0 unspecified atom stereocenters. The molecule has 3 aromatic rings. The van der Waals surface area contributed by atoms with Gasteiger partial charge in [-0.3, -0.25) is 9.36 Å². The van der Waals surface area contributed by atoms with Crippen molar-refractivity contribution in [3.63, 3.8) is 0 Å². The third kappa shape index (κ3) is 3.56. The Balaban J connectivity index is 2.13. The minimum atomic E-state index is 0.0206. The van der Waals surface area contributed by atoms with Gasteiger partial charge in [-0.05, 0) is 30.4 Å². The Kier molecular flexibility index (Phi) is 5.85. The van der Waals surface area contributed by atoms with Crippen LogP contribution in [0.3, 0.4) is 0 Å². The van der Waals surface area contributed by atoms with Crippen LogP contribution in [0.5, 0.6) is 0 Å². The Labute approximate surface area is 157 Å². The lowest BCUT2D eigenvalue weighted by Crippen LogP contribution is -2.25. The first-order valence-corrected chi connectivity index (χ1v) is 10.0. The molecule has 134 valence electrons. The molecule has 1 aromatic carbocycles. The lowest BCUT2D eigenvalue weighted by molar-refractivity contribution is 0.585. The molecule has 0 spiro atoms. The minimum absolute atomic E-state index is 0.0206. The Bertz CT molecular complexity index is 993. The molecule has 5 heteroatoms. The Morgan fingerprint density at radius 1 is 1.23 bits per heavy atom. The number of aryl methyl sites for hydroxylation is 2. The number of fused-ring (bicyclic) bond motifs is 1. The summed E-state index contributed by atoms with van der Waals surface area (Å²) in [6.45, 7) is 4.77. The van der Waals surface area contributed by atoms with Crippen molar-refractivity contribution in [2.75, 3.05) is 0 Å². The summed E-state index contributed by atoms with van der Waals surface area (Å²) >= 11 is 1.53. The summed E-state index contributed by atoms with van der Waals surface area (Å²) < 4.78 is 1.78. The van der Waals surface area contributed by atoms with Crippen LogP contribution in [0.2, 0.25) is 0 Å². The zero-order chi connectivity index (χ0) is 18.5. The maximum atomic E-state index is 13.2. The van der Waals surface area contributed by atoms with E-state index in [1.165, 1.54) is 16.9 Å². The first kappa shape index (κ1) is 18.3. The highest BCUT2D eigenvalue weighted by molar-refractivity contribution is 7.17. The van der Waals surface area contributed by atoms with Crippen molar-refractivity contribution in [2.24, 2.45) is 0 Å². The number of nitrogens with zero attached hydrogens (tertiary/aromatic N) is 3. The molecule has 3 rings (SSSR count). The molecule has 0 atom stereocenters. The van der Waals surface area contributed by atoms with Crippen molar-refractivity contribution < 1.29 is 0 Å². The van der Waals surface area contributed by atoms with E-state index >= 15 is 0 Å². The van der Waals surface area contributed by atoms with Crippen molar-refractivity contribution in [2.45, 2.75) is 52.5 Å². The summed E-state index contributed by atoms with van der Waals surface area (Å²) in [5.74, 6) is 0.831. The fraction of sp³-hybridized carbons (Fsp3) is 0.381. The van der Waals surface area contributed by atoms with Crippen LogP contribution in [0.1, 0.15) is 44.5 Å². The lowest BCUT2D eigenvalue weighted by Gasteiger charge is -2.12. The van der Waals surface area contributed by atoms with Gasteiger partial charge in [0.2, 0.25) is 0 Å². The maximum Gasteiger partial charge on any atom is 0.262 e. The topological polar surface area (TPSA) is 58.7 Å². The normalized spacial score (nSPS) is 11.0. The number of hydrogen-bond acceptors (Lipinski definition) is 4. The molecular weight excluding hydrogens is 342 g/mol. The van der Waals surface area contributed by atoms with Gasteiger partial charge in [0.05, 0.1) is 11.5 Å². The van der Waals surface area contributed by atoms with E-state index in [1.807, 2.05) is 5.38 Å². The van der Waals surface area contributed by atoms with Gasteiger partial charge in [-0.15, -0.1) is 11.3 Å². The first-order chi connectivity index (χ1) is 12.7. The molecule has 0 fully saturated rings. The summed E-state index contributed by atoms with van der Waals surface area (Å²) in [4.78, 5) is 18.8. The molecule has 0 amide bonds. The van der Waals surface area contributed by atoms with E-state index in [0.717, 1.165) is 41.0 Å². The minimum Gasteiger partial charge on any atom is -0.296 e. The SMILES string of the molecule is CCCc1nc2scc(-c3ccc(CC)cc3)c2c(=O)n1CCCC#N. The summed E-state index contributed by atoms with van der Waals surface area (Å²) in [5.41, 5.74) is 3.32. The molecule has 4 nitrogen and oxygen atoms in total. The van der Waals surface area contributed by atoms with Gasteiger partial charge in [0.25, 0.3) is 5.56 Å². The Hall–Kier alpha value is -2.45. The average Bonchev–Trinajstić information content (AvgIpc) is 3.08. The van der Waals surface area contributed by atoms with Gasteiger partial charge in [0.15, 0.2) is 0 Å². The largest absolute Gasteiger partial charge is 0.296 e. The number of aromatic nitrogens is 2. The van der Waals surface area contributed by atoms with Gasteiger partial charge in [-0.2, -0.15) is 5.26 Å². The second-order valence-corrected chi connectivity index (χ2v) is 7.23. The fourth-order valence-corrected chi connectivity index (χ4v) is 4.12. The van der Waals surface area contributed by atoms with Crippen LogP contribution < -0.4 is 5.56 Å². The van der Waals surface area contributed by atoms with E-state index in [2.05, 4.69) is 44.2 Å². The number of hydrogen-bond donors (Lipinski definition) is 0. The number of unbranched alkanes of at least 4 members (excludes halogenated alkanes) is 1. The van der Waals surface area contributed by atoms with Crippen LogP contribution in [0.15, 0.2) is 34.4 Å². The zero-order valence-corrected chi connectivity index (χ0v) is 16.1. The number of thiophene rings is 1. The molecule has 26 heavy (non-hydrogen) atoms. The average molecular weight is 366 g/mol. The van der Waals surface area contributed by atoms with Crippen molar-refractivity contribution >= 4 is 21.6 Å². The molecule has 0 aliphatic heterocycles. The first-order valence-electron chi connectivity index (χ1n) is 9.16. The summed E-state index contributed by atoms with van der Waals surface area (Å²) in [5, 5.41) is 11.6. The third-order valence-corrected chi connectivity index (χ3v) is 5.46. The van der Waals surface area contributed by atoms with Crippen LogP contribution in [-0.4, -0.2) is 9.55 Å². The molecule has 0 aliphatic rings. The Morgan fingerprint density at radius 3 is 2.65 bits per heavy atom. The van der Waals surface area contributed by atoms with E-state index < -0.39 is 0 Å². The van der Waals surface area contributed by atoms with Crippen molar-refractivity contribution in [1.82, 2.24) is 9.55 Å². The zero-order valence-electron chi connectivity index (χ0n) is 15.3. The van der Waals surface area contributed by atoms with E-state index in [1.54, 1.807) is 4.57 Å². The maximum absolute atomic E-state index is 13.2. The molecule has 0 bridgehead atoms. The molecule has 0 saturated carbocycles. The monoisotopic (exact) mass is 365 g/mol. The van der Waals surface area contributed by atoms with E-state index in [4.69, 9.17) is 10.2 Å². The smallest absolute Gasteiger partial charge is 0.262 e. The molecule has 0 aliphatic carbocycles. The predicted molar refractivity (Wildman–Crippen MR) is 108 cm³/mol. The van der Waals surface area contributed by atoms with E-state index in [-0.39, 0.29) is 5.56 Å². The highest BCUT2D eigenvalue weighted by atomic mass is 32.1. The van der Waals surface area contributed by atoms with Crippen LogP contribution >= 0.6 is 11.3 Å². The number of rotatable bonds is 7. The molecule has 0 radical (unpaired) electrons. The van der Waals surface area contributed by atoms with E-state index in [0.29, 0.717) is 24.8 Å². The highest BCUT2D eigenvalue weighted by Gasteiger charge is 2.16. The number of benzene rings is 1. The van der Waals surface area contributed by atoms with Gasteiger partial charge >= 0.3 is 0 Å². The fourth-order valence-electron chi connectivity index (χ4n) is 3.16. The molecule has 2 aromatic heterocycles. The quantitative estimate of drug-likeness (QED) is 0.557. The molecule has 2 heterocycles.